The molecule has 148 valence electrons. The first-order chi connectivity index (χ1) is 13.4. The van der Waals surface area contributed by atoms with Crippen molar-refractivity contribution in [2.24, 2.45) is 0 Å². The summed E-state index contributed by atoms with van der Waals surface area (Å²) in [4.78, 5) is 25.9. The molecule has 1 N–H and O–H groups in total. The third-order valence-electron chi connectivity index (χ3n) is 5.20. The molecule has 3 rings (SSSR count). The maximum Gasteiger partial charge on any atom is 0.237 e. The number of nitrogens with one attached hydrogen (secondary N) is 1. The highest BCUT2D eigenvalue weighted by Gasteiger charge is 2.29. The zero-order valence-corrected chi connectivity index (χ0v) is 15.9. The standard InChI is InChI=1S/C22H25FN2O3/c1-15(17-8-10-18(11-9-17)22(27)28)24-21(26)20-7-2-3-12-25(20)14-16-5-4-6-19(23)13-16/h4-6,8-11,13,15,20H,2-3,7,12,14H2,1H3,(H,24,26)(H,27,28)/p-1/t15-,20+/m0/s1. The molecule has 1 saturated heterocycles. The second-order valence-electron chi connectivity index (χ2n) is 7.25. The van der Waals surface area contributed by atoms with Gasteiger partial charge in [0.25, 0.3) is 0 Å². The highest BCUT2D eigenvalue weighted by Crippen LogP contribution is 2.22. The van der Waals surface area contributed by atoms with Crippen LogP contribution >= 0.6 is 0 Å². The number of carbonyl (C=O) groups is 2. The molecule has 6 heteroatoms. The average Bonchev–Trinajstić information content (AvgIpc) is 2.68. The number of carbonyl (C=O) groups excluding carboxylic acids is 2. The average molecular weight is 383 g/mol. The molecule has 0 aliphatic carbocycles. The minimum atomic E-state index is -1.22. The summed E-state index contributed by atoms with van der Waals surface area (Å²) in [5, 5.41) is 13.9. The largest absolute Gasteiger partial charge is 0.545 e. The Morgan fingerprint density at radius 2 is 1.96 bits per heavy atom. The number of aromatic carboxylic acids is 1. The van der Waals surface area contributed by atoms with Crippen LogP contribution in [0, 0.1) is 5.82 Å². The highest BCUT2D eigenvalue weighted by atomic mass is 19.1. The summed E-state index contributed by atoms with van der Waals surface area (Å²) in [6, 6.07) is 12.3. The SMILES string of the molecule is C[C@H](NC(=O)[C@H]1CCCCN1Cc1cccc(F)c1)c1ccc(C(=O)[O-])cc1. The summed E-state index contributed by atoms with van der Waals surface area (Å²) >= 11 is 0. The molecule has 1 amide bonds. The van der Waals surface area contributed by atoms with Gasteiger partial charge in [-0.05, 0) is 55.1 Å². The molecule has 0 spiro atoms. The predicted molar refractivity (Wildman–Crippen MR) is 102 cm³/mol. The molecule has 2 atom stereocenters. The Morgan fingerprint density at radius 3 is 2.64 bits per heavy atom. The van der Waals surface area contributed by atoms with Crippen LogP contribution < -0.4 is 10.4 Å². The van der Waals surface area contributed by atoms with Crippen LogP contribution in [0.25, 0.3) is 0 Å². The van der Waals surface area contributed by atoms with E-state index >= 15 is 0 Å². The van der Waals surface area contributed by atoms with E-state index in [0.29, 0.717) is 6.54 Å². The van der Waals surface area contributed by atoms with Gasteiger partial charge in [0.2, 0.25) is 5.91 Å². The van der Waals surface area contributed by atoms with Crippen LogP contribution in [0.15, 0.2) is 48.5 Å². The number of amides is 1. The Balaban J connectivity index is 1.65. The fourth-order valence-corrected chi connectivity index (χ4v) is 3.65. The van der Waals surface area contributed by atoms with Crippen molar-refractivity contribution in [2.75, 3.05) is 6.54 Å². The molecule has 0 radical (unpaired) electrons. The number of benzene rings is 2. The smallest absolute Gasteiger partial charge is 0.237 e. The van der Waals surface area contributed by atoms with Crippen molar-refractivity contribution >= 4 is 11.9 Å². The van der Waals surface area contributed by atoms with Crippen molar-refractivity contribution in [3.63, 3.8) is 0 Å². The third-order valence-corrected chi connectivity index (χ3v) is 5.20. The molecule has 0 unspecified atom stereocenters. The van der Waals surface area contributed by atoms with Crippen molar-refractivity contribution in [1.29, 1.82) is 0 Å². The number of rotatable bonds is 6. The quantitative estimate of drug-likeness (QED) is 0.832. The van der Waals surface area contributed by atoms with Gasteiger partial charge in [0.1, 0.15) is 5.82 Å². The van der Waals surface area contributed by atoms with E-state index in [1.54, 1.807) is 18.2 Å². The Labute approximate surface area is 164 Å². The molecule has 1 fully saturated rings. The number of hydrogen-bond acceptors (Lipinski definition) is 4. The number of likely N-dealkylation sites (tertiary alicyclic amines) is 1. The molecule has 1 heterocycles. The lowest BCUT2D eigenvalue weighted by Gasteiger charge is -2.35. The number of hydrogen-bond donors (Lipinski definition) is 1. The molecule has 0 bridgehead atoms. The van der Waals surface area contributed by atoms with Gasteiger partial charge in [-0.2, -0.15) is 0 Å². The van der Waals surface area contributed by atoms with Crippen LogP contribution in [-0.4, -0.2) is 29.4 Å². The second kappa shape index (κ2) is 8.97. The summed E-state index contributed by atoms with van der Waals surface area (Å²) in [5.74, 6) is -1.56. The summed E-state index contributed by atoms with van der Waals surface area (Å²) in [6.45, 7) is 3.19. The fourth-order valence-electron chi connectivity index (χ4n) is 3.65. The fraction of sp³-hybridized carbons (Fsp3) is 0.364. The van der Waals surface area contributed by atoms with Gasteiger partial charge >= 0.3 is 0 Å². The van der Waals surface area contributed by atoms with Crippen LogP contribution in [-0.2, 0) is 11.3 Å². The van der Waals surface area contributed by atoms with Crippen LogP contribution in [0.3, 0.4) is 0 Å². The molecule has 1 aliphatic rings. The Kier molecular flexibility index (Phi) is 6.41. The molecule has 1 aliphatic heterocycles. The first kappa shape index (κ1) is 20.0. The predicted octanol–water partition coefficient (Wildman–Crippen LogP) is 2.42. The van der Waals surface area contributed by atoms with Gasteiger partial charge < -0.3 is 15.2 Å². The minimum absolute atomic E-state index is 0.0624. The molecular weight excluding hydrogens is 359 g/mol. The minimum Gasteiger partial charge on any atom is -0.545 e. The van der Waals surface area contributed by atoms with Gasteiger partial charge in [-0.15, -0.1) is 0 Å². The van der Waals surface area contributed by atoms with Gasteiger partial charge in [-0.1, -0.05) is 42.8 Å². The van der Waals surface area contributed by atoms with Crippen molar-refractivity contribution in [1.82, 2.24) is 10.2 Å². The normalized spacial score (nSPS) is 18.4. The van der Waals surface area contributed by atoms with Crippen molar-refractivity contribution in [3.8, 4) is 0 Å². The molecule has 28 heavy (non-hydrogen) atoms. The Hall–Kier alpha value is -2.73. The van der Waals surface area contributed by atoms with Crippen molar-refractivity contribution in [2.45, 2.75) is 44.8 Å². The van der Waals surface area contributed by atoms with E-state index in [2.05, 4.69) is 10.2 Å². The van der Waals surface area contributed by atoms with Crippen LogP contribution in [0.4, 0.5) is 4.39 Å². The lowest BCUT2D eigenvalue weighted by molar-refractivity contribution is -0.255. The van der Waals surface area contributed by atoms with Gasteiger partial charge in [0, 0.05) is 6.54 Å². The van der Waals surface area contributed by atoms with E-state index in [1.807, 2.05) is 13.0 Å². The van der Waals surface area contributed by atoms with Crippen molar-refractivity contribution in [3.05, 3.63) is 71.0 Å². The zero-order chi connectivity index (χ0) is 20.1. The summed E-state index contributed by atoms with van der Waals surface area (Å²) in [5.41, 5.74) is 1.78. The first-order valence-electron chi connectivity index (χ1n) is 9.54. The number of piperidine rings is 1. The maximum atomic E-state index is 13.5. The van der Waals surface area contributed by atoms with Gasteiger partial charge in [-0.3, -0.25) is 9.69 Å². The molecular formula is C22H24FN2O3-. The van der Waals surface area contributed by atoms with E-state index in [-0.39, 0.29) is 29.4 Å². The molecule has 2 aromatic rings. The number of carboxylic acids is 1. The molecule has 5 nitrogen and oxygen atoms in total. The van der Waals surface area contributed by atoms with Crippen LogP contribution in [0.2, 0.25) is 0 Å². The highest BCUT2D eigenvalue weighted by molar-refractivity contribution is 5.85. The van der Waals surface area contributed by atoms with E-state index < -0.39 is 5.97 Å². The monoisotopic (exact) mass is 383 g/mol. The maximum absolute atomic E-state index is 13.5. The van der Waals surface area contributed by atoms with Gasteiger partial charge in [-0.25, -0.2) is 4.39 Å². The molecule has 2 aromatic carbocycles. The van der Waals surface area contributed by atoms with Gasteiger partial charge in [0.05, 0.1) is 18.1 Å². The van der Waals surface area contributed by atoms with E-state index in [0.717, 1.165) is 36.9 Å². The number of carboxylic acid groups (broad SMARTS) is 1. The third kappa shape index (κ3) is 4.95. The summed E-state index contributed by atoms with van der Waals surface area (Å²) in [6.07, 6.45) is 2.75. The Bertz CT molecular complexity index is 838. The lowest BCUT2D eigenvalue weighted by atomic mass is 9.99. The first-order valence-corrected chi connectivity index (χ1v) is 9.54. The summed E-state index contributed by atoms with van der Waals surface area (Å²) < 4.78 is 13.5. The zero-order valence-electron chi connectivity index (χ0n) is 15.9. The lowest BCUT2D eigenvalue weighted by Crippen LogP contribution is -2.49. The van der Waals surface area contributed by atoms with E-state index in [1.165, 1.54) is 24.3 Å². The molecule has 0 saturated carbocycles. The topological polar surface area (TPSA) is 72.5 Å². The second-order valence-corrected chi connectivity index (χ2v) is 7.25. The Morgan fingerprint density at radius 1 is 1.21 bits per heavy atom. The number of halogens is 1. The number of nitrogens with zero attached hydrogens (tertiary/aromatic N) is 1. The van der Waals surface area contributed by atoms with Crippen LogP contribution in [0.1, 0.15) is 53.7 Å². The van der Waals surface area contributed by atoms with E-state index in [4.69, 9.17) is 0 Å². The van der Waals surface area contributed by atoms with Crippen LogP contribution in [0.5, 0.6) is 0 Å². The van der Waals surface area contributed by atoms with Crippen molar-refractivity contribution < 1.29 is 19.1 Å². The molecule has 0 aromatic heterocycles. The van der Waals surface area contributed by atoms with Gasteiger partial charge in [0.15, 0.2) is 0 Å². The summed E-state index contributed by atoms with van der Waals surface area (Å²) in [7, 11) is 0. The van der Waals surface area contributed by atoms with E-state index in [9.17, 15) is 19.1 Å².